The Labute approximate surface area is 105 Å². The van der Waals surface area contributed by atoms with Crippen LogP contribution in [-0.2, 0) is 0 Å². The number of benzene rings is 2. The molecule has 0 saturated carbocycles. The van der Waals surface area contributed by atoms with Gasteiger partial charge in [0.2, 0.25) is 0 Å². The van der Waals surface area contributed by atoms with E-state index in [-0.39, 0.29) is 11.6 Å². The van der Waals surface area contributed by atoms with Gasteiger partial charge in [0.15, 0.2) is 0 Å². The molecule has 0 bridgehead atoms. The van der Waals surface area contributed by atoms with Gasteiger partial charge >= 0.3 is 0 Å². The van der Waals surface area contributed by atoms with Crippen LogP contribution in [0.1, 0.15) is 28.4 Å². The van der Waals surface area contributed by atoms with Gasteiger partial charge in [0.1, 0.15) is 17.7 Å². The van der Waals surface area contributed by atoms with E-state index in [0.717, 1.165) is 5.56 Å². The average Bonchev–Trinajstić information content (AvgIpc) is 2.30. The fraction of sp³-hybridized carbons (Fsp3) is 0.200. The van der Waals surface area contributed by atoms with Crippen LogP contribution in [0, 0.1) is 25.5 Å². The lowest BCUT2D eigenvalue weighted by molar-refractivity contribution is 0.219. The third-order valence-corrected chi connectivity index (χ3v) is 2.88. The van der Waals surface area contributed by atoms with E-state index >= 15 is 0 Å². The van der Waals surface area contributed by atoms with Gasteiger partial charge in [0, 0.05) is 0 Å². The maximum absolute atomic E-state index is 13.3. The minimum absolute atomic E-state index is 0.318. The topological polar surface area (TPSA) is 20.2 Å². The van der Waals surface area contributed by atoms with E-state index in [0.29, 0.717) is 16.7 Å². The van der Waals surface area contributed by atoms with Crippen LogP contribution in [0.3, 0.4) is 0 Å². The van der Waals surface area contributed by atoms with Crippen LogP contribution >= 0.6 is 0 Å². The molecule has 1 nitrogen and oxygen atoms in total. The summed E-state index contributed by atoms with van der Waals surface area (Å²) in [5, 5.41) is 10.2. The minimum atomic E-state index is -0.946. The van der Waals surface area contributed by atoms with Gasteiger partial charge in [-0.2, -0.15) is 0 Å². The molecule has 0 aliphatic carbocycles. The summed E-state index contributed by atoms with van der Waals surface area (Å²) in [7, 11) is 0. The largest absolute Gasteiger partial charge is 0.384 e. The monoisotopic (exact) mass is 248 g/mol. The smallest absolute Gasteiger partial charge is 0.126 e. The van der Waals surface area contributed by atoms with Crippen molar-refractivity contribution in [2.24, 2.45) is 0 Å². The van der Waals surface area contributed by atoms with E-state index in [1.165, 1.54) is 24.3 Å². The molecule has 0 aromatic heterocycles. The van der Waals surface area contributed by atoms with Gasteiger partial charge in [-0.05, 0) is 54.3 Å². The predicted octanol–water partition coefficient (Wildman–Crippen LogP) is 3.66. The van der Waals surface area contributed by atoms with E-state index in [4.69, 9.17) is 0 Å². The zero-order valence-corrected chi connectivity index (χ0v) is 10.2. The van der Waals surface area contributed by atoms with E-state index in [2.05, 4.69) is 0 Å². The average molecular weight is 248 g/mol. The van der Waals surface area contributed by atoms with E-state index < -0.39 is 6.10 Å². The molecule has 0 radical (unpaired) electrons. The molecule has 0 amide bonds. The molecule has 2 aromatic carbocycles. The molecule has 0 spiro atoms. The van der Waals surface area contributed by atoms with Gasteiger partial charge in [0.05, 0.1) is 0 Å². The van der Waals surface area contributed by atoms with Crippen LogP contribution in [0.15, 0.2) is 36.4 Å². The quantitative estimate of drug-likeness (QED) is 0.859. The van der Waals surface area contributed by atoms with E-state index in [1.54, 1.807) is 26.0 Å². The molecule has 1 atom stereocenters. The molecule has 1 N–H and O–H groups in total. The van der Waals surface area contributed by atoms with Crippen molar-refractivity contribution >= 4 is 0 Å². The van der Waals surface area contributed by atoms with Crippen LogP contribution in [0.4, 0.5) is 8.78 Å². The number of aliphatic hydroxyl groups is 1. The van der Waals surface area contributed by atoms with Crippen LogP contribution in [0.25, 0.3) is 0 Å². The molecular formula is C15H14F2O. The van der Waals surface area contributed by atoms with Gasteiger partial charge in [-0.1, -0.05) is 18.2 Å². The second-order valence-corrected chi connectivity index (χ2v) is 4.47. The Kier molecular flexibility index (Phi) is 3.43. The Morgan fingerprint density at radius 1 is 0.944 bits per heavy atom. The van der Waals surface area contributed by atoms with Gasteiger partial charge in [-0.25, -0.2) is 8.78 Å². The Bertz CT molecular complexity index is 558. The summed E-state index contributed by atoms with van der Waals surface area (Å²) in [6.45, 7) is 3.39. The van der Waals surface area contributed by atoms with Crippen LogP contribution in [0.5, 0.6) is 0 Å². The summed E-state index contributed by atoms with van der Waals surface area (Å²) in [6, 6.07) is 8.78. The Morgan fingerprint density at radius 2 is 1.67 bits per heavy atom. The summed E-state index contributed by atoms with van der Waals surface area (Å²) in [4.78, 5) is 0. The second-order valence-electron chi connectivity index (χ2n) is 4.47. The van der Waals surface area contributed by atoms with E-state index in [9.17, 15) is 13.9 Å². The Hall–Kier alpha value is -1.74. The molecule has 1 unspecified atom stereocenters. The van der Waals surface area contributed by atoms with Crippen molar-refractivity contribution < 1.29 is 13.9 Å². The number of hydrogen-bond donors (Lipinski definition) is 1. The molecule has 0 saturated heterocycles. The molecule has 94 valence electrons. The molecule has 0 fully saturated rings. The fourth-order valence-electron chi connectivity index (χ4n) is 1.95. The highest BCUT2D eigenvalue weighted by molar-refractivity contribution is 5.34. The lowest BCUT2D eigenvalue weighted by Crippen LogP contribution is -2.02. The Morgan fingerprint density at radius 3 is 2.28 bits per heavy atom. The molecule has 2 rings (SSSR count). The van der Waals surface area contributed by atoms with Gasteiger partial charge in [0.25, 0.3) is 0 Å². The van der Waals surface area contributed by atoms with Crippen molar-refractivity contribution in [3.8, 4) is 0 Å². The molecule has 0 heterocycles. The van der Waals surface area contributed by atoms with Crippen molar-refractivity contribution in [3.05, 3.63) is 70.3 Å². The number of aryl methyl sites for hydroxylation is 2. The molecule has 18 heavy (non-hydrogen) atoms. The normalized spacial score (nSPS) is 12.5. The zero-order chi connectivity index (χ0) is 13.3. The number of halogens is 2. The van der Waals surface area contributed by atoms with Crippen molar-refractivity contribution in [2.45, 2.75) is 20.0 Å². The molecule has 3 heteroatoms. The molecule has 2 aromatic rings. The van der Waals surface area contributed by atoms with Crippen LogP contribution < -0.4 is 0 Å². The molecule has 0 aliphatic heterocycles. The van der Waals surface area contributed by atoms with Crippen molar-refractivity contribution in [2.75, 3.05) is 0 Å². The first kappa shape index (κ1) is 12.7. The Balaban J connectivity index is 2.40. The van der Waals surface area contributed by atoms with Crippen molar-refractivity contribution in [3.63, 3.8) is 0 Å². The minimum Gasteiger partial charge on any atom is -0.384 e. The summed E-state index contributed by atoms with van der Waals surface area (Å²) in [5.74, 6) is -0.704. The van der Waals surface area contributed by atoms with Crippen LogP contribution in [0.2, 0.25) is 0 Å². The summed E-state index contributed by atoms with van der Waals surface area (Å²) in [6.07, 6.45) is -0.946. The van der Waals surface area contributed by atoms with Crippen LogP contribution in [-0.4, -0.2) is 5.11 Å². The maximum Gasteiger partial charge on any atom is 0.126 e. The predicted molar refractivity (Wildman–Crippen MR) is 66.3 cm³/mol. The fourth-order valence-corrected chi connectivity index (χ4v) is 1.95. The highest BCUT2D eigenvalue weighted by Gasteiger charge is 2.13. The first-order valence-corrected chi connectivity index (χ1v) is 5.68. The highest BCUT2D eigenvalue weighted by Crippen LogP contribution is 2.25. The highest BCUT2D eigenvalue weighted by atomic mass is 19.1. The van der Waals surface area contributed by atoms with Crippen molar-refractivity contribution in [1.82, 2.24) is 0 Å². The maximum atomic E-state index is 13.3. The third-order valence-electron chi connectivity index (χ3n) is 2.88. The van der Waals surface area contributed by atoms with Crippen molar-refractivity contribution in [1.29, 1.82) is 0 Å². The summed E-state index contributed by atoms with van der Waals surface area (Å²) < 4.78 is 26.4. The SMILES string of the molecule is Cc1cc(F)cc(C(O)c2ccc(F)c(C)c2)c1. The van der Waals surface area contributed by atoms with Gasteiger partial charge in [-0.3, -0.25) is 0 Å². The molecular weight excluding hydrogens is 234 g/mol. The number of hydrogen-bond acceptors (Lipinski definition) is 1. The standard InChI is InChI=1S/C15H14F2O/c1-9-5-12(8-13(16)6-9)15(18)11-3-4-14(17)10(2)7-11/h3-8,15,18H,1-2H3. The zero-order valence-electron chi connectivity index (χ0n) is 10.2. The lowest BCUT2D eigenvalue weighted by atomic mass is 9.98. The first-order valence-electron chi connectivity index (χ1n) is 5.68. The van der Waals surface area contributed by atoms with E-state index in [1.807, 2.05) is 0 Å². The van der Waals surface area contributed by atoms with Gasteiger partial charge < -0.3 is 5.11 Å². The first-order chi connectivity index (χ1) is 8.47. The second kappa shape index (κ2) is 4.86. The number of aliphatic hydroxyl groups excluding tert-OH is 1. The number of rotatable bonds is 2. The lowest BCUT2D eigenvalue weighted by Gasteiger charge is -2.13. The molecule has 0 aliphatic rings. The summed E-state index contributed by atoms with van der Waals surface area (Å²) >= 11 is 0. The van der Waals surface area contributed by atoms with Gasteiger partial charge in [-0.15, -0.1) is 0 Å². The third kappa shape index (κ3) is 2.57. The summed E-state index contributed by atoms with van der Waals surface area (Å²) in [5.41, 5.74) is 2.22.